The van der Waals surface area contributed by atoms with Crippen molar-refractivity contribution in [3.63, 3.8) is 0 Å². The van der Waals surface area contributed by atoms with Gasteiger partial charge in [0.25, 0.3) is 0 Å². The fraction of sp³-hybridized carbons (Fsp3) is 0.417. The maximum atomic E-state index is 6.16. The van der Waals surface area contributed by atoms with Crippen LogP contribution in [-0.4, -0.2) is 10.1 Å². The molecule has 0 bridgehead atoms. The molecule has 1 aliphatic rings. The fourth-order valence-corrected chi connectivity index (χ4v) is 1.82. The molecule has 0 fully saturated rings. The number of rotatable bonds is 2. The highest BCUT2D eigenvalue weighted by molar-refractivity contribution is 6.69. The summed E-state index contributed by atoms with van der Waals surface area (Å²) in [6, 6.07) is 0. The molecule has 0 aliphatic carbocycles. The minimum absolute atomic E-state index is 0.553. The van der Waals surface area contributed by atoms with E-state index < -0.39 is 0 Å². The molecule has 0 aromatic carbocycles. The second-order valence-corrected chi connectivity index (χ2v) is 4.12. The van der Waals surface area contributed by atoms with Crippen LogP contribution in [0.25, 0.3) is 0 Å². The lowest BCUT2D eigenvalue weighted by Gasteiger charge is -2.28. The van der Waals surface area contributed by atoms with Crippen LogP contribution in [0.4, 0.5) is 0 Å². The van der Waals surface area contributed by atoms with Crippen LogP contribution in [0.5, 0.6) is 0 Å². The summed E-state index contributed by atoms with van der Waals surface area (Å²) < 4.78 is 0. The number of allylic oxidation sites excluding steroid dienone is 4. The van der Waals surface area contributed by atoms with Gasteiger partial charge in [-0.15, -0.1) is 0 Å². The first-order valence-corrected chi connectivity index (χ1v) is 5.42. The third-order valence-corrected chi connectivity index (χ3v) is 2.64. The molecular formula is C12H17ClN2. The second-order valence-electron chi connectivity index (χ2n) is 3.76. The molecule has 0 unspecified atom stereocenters. The largest absolute Gasteiger partial charge is 0.317 e. The van der Waals surface area contributed by atoms with Crippen LogP contribution < -0.4 is 0 Å². The van der Waals surface area contributed by atoms with E-state index in [0.29, 0.717) is 5.17 Å². The molecule has 0 N–H and O–H groups in total. The Bertz CT molecular complexity index is 375. The van der Waals surface area contributed by atoms with Crippen molar-refractivity contribution >= 4 is 16.8 Å². The molecule has 0 saturated carbocycles. The lowest BCUT2D eigenvalue weighted by atomic mass is 10.1. The van der Waals surface area contributed by atoms with Crippen LogP contribution in [0.1, 0.15) is 34.1 Å². The summed E-state index contributed by atoms with van der Waals surface area (Å²) >= 11 is 6.16. The number of aliphatic imine (C=N–C) groups is 1. The van der Waals surface area contributed by atoms with Crippen molar-refractivity contribution in [2.45, 2.75) is 34.1 Å². The predicted octanol–water partition coefficient (Wildman–Crippen LogP) is 4.02. The van der Waals surface area contributed by atoms with Crippen molar-refractivity contribution in [3.05, 3.63) is 35.4 Å². The lowest BCUT2D eigenvalue weighted by molar-refractivity contribution is 0.584. The van der Waals surface area contributed by atoms with E-state index in [1.54, 1.807) is 0 Å². The maximum Gasteiger partial charge on any atom is 0.153 e. The Hall–Kier alpha value is -1.02. The summed E-state index contributed by atoms with van der Waals surface area (Å²) in [5.41, 5.74) is 4.04. The van der Waals surface area contributed by atoms with Crippen LogP contribution in [-0.2, 0) is 0 Å². The molecule has 1 rings (SSSR count). The summed E-state index contributed by atoms with van der Waals surface area (Å²) in [4.78, 5) is 6.27. The Morgan fingerprint density at radius 1 is 1.53 bits per heavy atom. The molecule has 0 radical (unpaired) electrons. The van der Waals surface area contributed by atoms with E-state index in [-0.39, 0.29) is 0 Å². The summed E-state index contributed by atoms with van der Waals surface area (Å²) in [5.74, 6) is 0. The summed E-state index contributed by atoms with van der Waals surface area (Å²) in [7, 11) is 0. The van der Waals surface area contributed by atoms with E-state index in [1.807, 2.05) is 24.9 Å². The molecule has 0 atom stereocenters. The Labute approximate surface area is 96.6 Å². The van der Waals surface area contributed by atoms with Gasteiger partial charge in [-0.1, -0.05) is 25.1 Å². The van der Waals surface area contributed by atoms with Gasteiger partial charge in [0.2, 0.25) is 0 Å². The first-order chi connectivity index (χ1) is 6.97. The summed E-state index contributed by atoms with van der Waals surface area (Å²) in [5, 5.41) is 0.553. The summed E-state index contributed by atoms with van der Waals surface area (Å²) in [6.45, 7) is 12.0. The zero-order chi connectivity index (χ0) is 11.6. The number of hydrogen-bond acceptors (Lipinski definition) is 2. The molecule has 0 saturated heterocycles. The van der Waals surface area contributed by atoms with Crippen LogP contribution in [0, 0.1) is 0 Å². The Morgan fingerprint density at radius 3 is 2.60 bits per heavy atom. The van der Waals surface area contributed by atoms with Crippen LogP contribution in [0.2, 0.25) is 0 Å². The molecule has 0 spiro atoms. The molecule has 0 aromatic heterocycles. The van der Waals surface area contributed by atoms with Gasteiger partial charge in [-0.05, 0) is 32.8 Å². The smallest absolute Gasteiger partial charge is 0.153 e. The summed E-state index contributed by atoms with van der Waals surface area (Å²) in [6.07, 6.45) is 2.92. The van der Waals surface area contributed by atoms with E-state index in [1.165, 1.54) is 5.57 Å². The molecule has 0 amide bonds. The third-order valence-electron chi connectivity index (χ3n) is 2.37. The third kappa shape index (κ3) is 2.51. The first-order valence-electron chi connectivity index (χ1n) is 5.04. The van der Waals surface area contributed by atoms with Crippen molar-refractivity contribution in [2.75, 3.05) is 0 Å². The highest BCUT2D eigenvalue weighted by Gasteiger charge is 2.19. The van der Waals surface area contributed by atoms with Gasteiger partial charge in [-0.3, -0.25) is 0 Å². The van der Waals surface area contributed by atoms with E-state index in [4.69, 9.17) is 11.6 Å². The Morgan fingerprint density at radius 2 is 2.13 bits per heavy atom. The number of nitrogens with zero attached hydrogens (tertiary/aromatic N) is 2. The molecule has 15 heavy (non-hydrogen) atoms. The highest BCUT2D eigenvalue weighted by Crippen LogP contribution is 2.26. The zero-order valence-electron chi connectivity index (χ0n) is 9.76. The minimum atomic E-state index is 0.553. The van der Waals surface area contributed by atoms with Gasteiger partial charge in [0, 0.05) is 11.9 Å². The maximum absolute atomic E-state index is 6.16. The van der Waals surface area contributed by atoms with Gasteiger partial charge in [0.15, 0.2) is 5.17 Å². The molecule has 82 valence electrons. The average molecular weight is 225 g/mol. The van der Waals surface area contributed by atoms with Crippen LogP contribution >= 0.6 is 11.6 Å². The zero-order valence-corrected chi connectivity index (χ0v) is 10.5. The van der Waals surface area contributed by atoms with Gasteiger partial charge in [0.1, 0.15) is 0 Å². The molecule has 0 aromatic rings. The van der Waals surface area contributed by atoms with Crippen LogP contribution in [0.15, 0.2) is 40.4 Å². The molecule has 3 heteroatoms. The highest BCUT2D eigenvalue weighted by atomic mass is 35.5. The first kappa shape index (κ1) is 12.1. The minimum Gasteiger partial charge on any atom is -0.317 e. The van der Waals surface area contributed by atoms with Crippen molar-refractivity contribution in [3.8, 4) is 0 Å². The molecule has 2 nitrogen and oxygen atoms in total. The van der Waals surface area contributed by atoms with Crippen molar-refractivity contribution in [1.29, 1.82) is 0 Å². The van der Waals surface area contributed by atoms with E-state index in [2.05, 4.69) is 25.4 Å². The standard InChI is InChI=1S/C12H17ClN2/c1-6-9(4)11-12(13)14-10(5)7-15(11)8(2)3/h7H,2,6H2,1,3-5H3/b11-9-. The van der Waals surface area contributed by atoms with Crippen molar-refractivity contribution in [2.24, 2.45) is 4.99 Å². The lowest BCUT2D eigenvalue weighted by Crippen LogP contribution is -2.23. The normalized spacial score (nSPS) is 19.7. The predicted molar refractivity (Wildman–Crippen MR) is 66.7 cm³/mol. The second kappa shape index (κ2) is 4.67. The van der Waals surface area contributed by atoms with E-state index in [9.17, 15) is 0 Å². The SMILES string of the molecule is C=C(C)N1C=C(C)N=C(Cl)/C1=C(\C)CC. The van der Waals surface area contributed by atoms with Gasteiger partial charge >= 0.3 is 0 Å². The van der Waals surface area contributed by atoms with Gasteiger partial charge in [0.05, 0.1) is 11.4 Å². The molecular weight excluding hydrogens is 208 g/mol. The monoisotopic (exact) mass is 224 g/mol. The van der Waals surface area contributed by atoms with E-state index in [0.717, 1.165) is 23.5 Å². The van der Waals surface area contributed by atoms with Gasteiger partial charge in [-0.2, -0.15) is 0 Å². The van der Waals surface area contributed by atoms with Crippen molar-refractivity contribution in [1.82, 2.24) is 4.90 Å². The molecule has 1 aliphatic heterocycles. The quantitative estimate of drug-likeness (QED) is 0.692. The Balaban J connectivity index is 3.26. The Kier molecular flexibility index (Phi) is 3.75. The van der Waals surface area contributed by atoms with Crippen LogP contribution in [0.3, 0.4) is 0 Å². The fourth-order valence-electron chi connectivity index (χ4n) is 1.44. The number of hydrogen-bond donors (Lipinski definition) is 0. The van der Waals surface area contributed by atoms with Gasteiger partial charge < -0.3 is 4.90 Å². The topological polar surface area (TPSA) is 15.6 Å². The van der Waals surface area contributed by atoms with Crippen molar-refractivity contribution < 1.29 is 0 Å². The number of halogens is 1. The molecule has 1 heterocycles. The van der Waals surface area contributed by atoms with Gasteiger partial charge in [-0.25, -0.2) is 4.99 Å². The van der Waals surface area contributed by atoms with E-state index >= 15 is 0 Å². The average Bonchev–Trinajstić information content (AvgIpc) is 2.15.